The van der Waals surface area contributed by atoms with Crippen LogP contribution in [0.3, 0.4) is 0 Å². The van der Waals surface area contributed by atoms with Crippen molar-refractivity contribution in [3.63, 3.8) is 0 Å². The molecule has 146 valence electrons. The van der Waals surface area contributed by atoms with Crippen LogP contribution >= 0.6 is 11.9 Å². The van der Waals surface area contributed by atoms with Crippen molar-refractivity contribution in [1.82, 2.24) is 19.1 Å². The summed E-state index contributed by atoms with van der Waals surface area (Å²) in [5.41, 5.74) is 1.30. The Morgan fingerprint density at radius 2 is 2.21 bits per heavy atom. The number of benzene rings is 1. The van der Waals surface area contributed by atoms with Gasteiger partial charge in [-0.05, 0) is 55.6 Å². The minimum absolute atomic E-state index is 0.129. The van der Waals surface area contributed by atoms with Crippen molar-refractivity contribution in [2.45, 2.75) is 23.3 Å². The number of pyridine rings is 1. The fraction of sp³-hybridized carbons (Fsp3) is 0.316. The molecule has 0 atom stereocenters. The summed E-state index contributed by atoms with van der Waals surface area (Å²) in [7, 11) is 3.47. The van der Waals surface area contributed by atoms with Crippen LogP contribution in [0, 0.1) is 0 Å². The zero-order valence-electron chi connectivity index (χ0n) is 15.6. The zero-order chi connectivity index (χ0) is 19.9. The van der Waals surface area contributed by atoms with Gasteiger partial charge in [-0.25, -0.2) is 4.31 Å². The zero-order valence-corrected chi connectivity index (χ0v) is 16.4. The van der Waals surface area contributed by atoms with Gasteiger partial charge in [0, 0.05) is 35.3 Å². The molecule has 1 fully saturated rings. The second kappa shape index (κ2) is 7.08. The molecule has 28 heavy (non-hydrogen) atoms. The molecule has 0 radical (unpaired) electrons. The highest BCUT2D eigenvalue weighted by Crippen LogP contribution is 2.47. The number of fused-ring (bicyclic) bond motifs is 1. The number of aromatic nitrogens is 3. The van der Waals surface area contributed by atoms with E-state index in [9.17, 15) is 14.7 Å². The van der Waals surface area contributed by atoms with Gasteiger partial charge in [0.2, 0.25) is 5.91 Å². The molecule has 1 saturated carbocycles. The third-order valence-electron chi connectivity index (χ3n) is 4.78. The number of nitrogens with zero attached hydrogens (tertiary/aromatic N) is 3. The fourth-order valence-corrected chi connectivity index (χ4v) is 3.95. The molecule has 0 spiro atoms. The Labute approximate surface area is 165 Å². The molecule has 1 aromatic carbocycles. The second-order valence-electron chi connectivity index (χ2n) is 7.13. The molecule has 1 amide bonds. The molecule has 4 rings (SSSR count). The number of aliphatic hydroxyl groups is 1. The van der Waals surface area contributed by atoms with Crippen molar-refractivity contribution in [3.8, 4) is 0 Å². The molecule has 2 aromatic heterocycles. The topological polar surface area (TPSA) is 103 Å². The van der Waals surface area contributed by atoms with E-state index in [1.165, 1.54) is 22.6 Å². The first-order chi connectivity index (χ1) is 13.3. The van der Waals surface area contributed by atoms with E-state index in [-0.39, 0.29) is 18.0 Å². The first kappa shape index (κ1) is 18.7. The third-order valence-corrected chi connectivity index (χ3v) is 5.74. The molecular formula is C19H21N5O3S. The Hall–Kier alpha value is -2.62. The van der Waals surface area contributed by atoms with Gasteiger partial charge in [-0.2, -0.15) is 5.10 Å². The minimum Gasteiger partial charge on any atom is -0.385 e. The van der Waals surface area contributed by atoms with Gasteiger partial charge in [0.1, 0.15) is 0 Å². The van der Waals surface area contributed by atoms with Crippen molar-refractivity contribution < 1.29 is 9.90 Å². The van der Waals surface area contributed by atoms with Crippen molar-refractivity contribution in [3.05, 3.63) is 52.6 Å². The number of H-pyrrole nitrogens is 1. The Morgan fingerprint density at radius 3 is 2.93 bits per heavy atom. The summed E-state index contributed by atoms with van der Waals surface area (Å²) in [4.78, 5) is 24.9. The van der Waals surface area contributed by atoms with Crippen molar-refractivity contribution in [2.24, 2.45) is 7.05 Å². The van der Waals surface area contributed by atoms with E-state index in [1.807, 2.05) is 19.2 Å². The predicted octanol–water partition coefficient (Wildman–Crippen LogP) is 1.82. The van der Waals surface area contributed by atoms with Crippen molar-refractivity contribution in [1.29, 1.82) is 0 Å². The number of carbonyl (C=O) groups is 1. The lowest BCUT2D eigenvalue weighted by atomic mass is 10.1. The first-order valence-electron chi connectivity index (χ1n) is 8.90. The van der Waals surface area contributed by atoms with Gasteiger partial charge < -0.3 is 15.0 Å². The highest BCUT2D eigenvalue weighted by Gasteiger charge is 2.42. The fourth-order valence-electron chi connectivity index (χ4n) is 3.00. The molecule has 8 nitrogen and oxygen atoms in total. The molecule has 2 heterocycles. The lowest BCUT2D eigenvalue weighted by Gasteiger charge is -2.17. The maximum atomic E-state index is 12.3. The largest absolute Gasteiger partial charge is 0.385 e. The minimum atomic E-state index is -0.740. The van der Waals surface area contributed by atoms with Gasteiger partial charge in [0.05, 0.1) is 23.9 Å². The molecule has 0 unspecified atom stereocenters. The Morgan fingerprint density at radius 1 is 1.43 bits per heavy atom. The van der Waals surface area contributed by atoms with Gasteiger partial charge in [-0.3, -0.25) is 14.7 Å². The molecular weight excluding hydrogens is 378 g/mol. The van der Waals surface area contributed by atoms with Crippen molar-refractivity contribution in [2.75, 3.05) is 18.9 Å². The van der Waals surface area contributed by atoms with E-state index >= 15 is 0 Å². The van der Waals surface area contributed by atoms with Gasteiger partial charge >= 0.3 is 0 Å². The molecule has 0 saturated heterocycles. The highest BCUT2D eigenvalue weighted by atomic mass is 32.2. The molecule has 9 heteroatoms. The van der Waals surface area contributed by atoms with Crippen LogP contribution in [0.15, 0.2) is 46.3 Å². The number of nitrogens with one attached hydrogen (secondary N) is 2. The van der Waals surface area contributed by atoms with Crippen LogP contribution in [-0.4, -0.2) is 43.7 Å². The van der Waals surface area contributed by atoms with E-state index in [2.05, 4.69) is 15.5 Å². The van der Waals surface area contributed by atoms with Gasteiger partial charge in [0.25, 0.3) is 5.56 Å². The summed E-state index contributed by atoms with van der Waals surface area (Å²) in [5, 5.41) is 21.2. The summed E-state index contributed by atoms with van der Waals surface area (Å²) in [6.07, 6.45) is 4.86. The molecule has 0 aliphatic heterocycles. The Kier molecular flexibility index (Phi) is 4.74. The van der Waals surface area contributed by atoms with Crippen molar-refractivity contribution >= 4 is 34.4 Å². The molecule has 1 aliphatic carbocycles. The first-order valence-corrected chi connectivity index (χ1v) is 9.67. The maximum absolute atomic E-state index is 12.3. The third kappa shape index (κ3) is 3.82. The summed E-state index contributed by atoms with van der Waals surface area (Å²) in [5.74, 6) is -0.221. The summed E-state index contributed by atoms with van der Waals surface area (Å²) in [6.45, 7) is 0.129. The SMILES string of the molecule is CN(CC(=O)Nc1ccn(C)c(=O)c1)Sc1cc(C2(O)CC2)cc2cn[nH]c12. The number of rotatable bonds is 6. The number of anilines is 1. The summed E-state index contributed by atoms with van der Waals surface area (Å²) >= 11 is 1.40. The number of aryl methyl sites for hydroxylation is 1. The van der Waals surface area contributed by atoms with E-state index in [0.29, 0.717) is 5.69 Å². The van der Waals surface area contributed by atoms with Crippen LogP contribution in [-0.2, 0) is 17.4 Å². The van der Waals surface area contributed by atoms with Crippen LogP contribution in [0.2, 0.25) is 0 Å². The van der Waals surface area contributed by atoms with Crippen LogP contribution in [0.4, 0.5) is 5.69 Å². The Balaban J connectivity index is 1.46. The number of carbonyl (C=O) groups excluding carboxylic acids is 1. The van der Waals surface area contributed by atoms with Gasteiger partial charge in [-0.1, -0.05) is 0 Å². The average Bonchev–Trinajstić information content (AvgIpc) is 3.20. The number of hydrogen-bond donors (Lipinski definition) is 3. The molecule has 0 bridgehead atoms. The number of likely N-dealkylation sites (N-methyl/N-ethyl adjacent to an activating group) is 1. The summed E-state index contributed by atoms with van der Waals surface area (Å²) < 4.78 is 3.24. The Bertz CT molecular complexity index is 1100. The number of aromatic amines is 1. The van der Waals surface area contributed by atoms with Crippen LogP contribution < -0.4 is 10.9 Å². The van der Waals surface area contributed by atoms with E-state index in [1.54, 1.807) is 29.8 Å². The molecule has 3 N–H and O–H groups in total. The normalized spacial score (nSPS) is 15.1. The second-order valence-corrected chi connectivity index (χ2v) is 8.38. The van der Waals surface area contributed by atoms with E-state index in [4.69, 9.17) is 0 Å². The smallest absolute Gasteiger partial charge is 0.252 e. The van der Waals surface area contributed by atoms with Crippen LogP contribution in [0.1, 0.15) is 18.4 Å². The standard InChI is InChI=1S/C19H21N5O3S/c1-23-6-3-14(9-17(23)26)21-16(25)11-24(2)28-15-8-13(19(27)4-5-19)7-12-10-20-22-18(12)15/h3,6-10,27H,4-5,11H2,1-2H3,(H,20,22)(H,21,25). The van der Waals surface area contributed by atoms with E-state index in [0.717, 1.165) is 34.2 Å². The average molecular weight is 399 g/mol. The predicted molar refractivity (Wildman–Crippen MR) is 108 cm³/mol. The lowest BCUT2D eigenvalue weighted by Crippen LogP contribution is -2.26. The lowest BCUT2D eigenvalue weighted by molar-refractivity contribution is -0.116. The quantitative estimate of drug-likeness (QED) is 0.547. The molecule has 3 aromatic rings. The highest BCUT2D eigenvalue weighted by molar-refractivity contribution is 7.97. The number of hydrogen-bond acceptors (Lipinski definition) is 6. The number of amides is 1. The monoisotopic (exact) mass is 399 g/mol. The van der Waals surface area contributed by atoms with Gasteiger partial charge in [-0.15, -0.1) is 0 Å². The summed E-state index contributed by atoms with van der Waals surface area (Å²) in [6, 6.07) is 6.98. The molecule has 1 aliphatic rings. The van der Waals surface area contributed by atoms with Gasteiger partial charge in [0.15, 0.2) is 0 Å². The van der Waals surface area contributed by atoms with Crippen LogP contribution in [0.25, 0.3) is 10.9 Å². The maximum Gasteiger partial charge on any atom is 0.252 e. The van der Waals surface area contributed by atoms with Crippen LogP contribution in [0.5, 0.6) is 0 Å². The van der Waals surface area contributed by atoms with E-state index < -0.39 is 5.60 Å².